The molecule has 6 heavy (non-hydrogen) atoms. The molecule has 1 nitrogen and oxygen atoms in total. The molecule has 1 aliphatic rings. The van der Waals surface area contributed by atoms with E-state index < -0.39 is 0 Å². The molecule has 0 aromatic heterocycles. The van der Waals surface area contributed by atoms with Gasteiger partial charge in [-0.1, -0.05) is 11.8 Å². The van der Waals surface area contributed by atoms with E-state index in [0.717, 1.165) is 3.81 Å². The van der Waals surface area contributed by atoms with Crippen LogP contribution in [0.4, 0.5) is 0 Å². The molecule has 0 amide bonds. The van der Waals surface area contributed by atoms with Crippen molar-refractivity contribution in [3.05, 3.63) is 15.9 Å². The molecular weight excluding hydrogens is 162 g/mol. The minimum Gasteiger partial charge on any atom is -0.370 e. The Morgan fingerprint density at radius 2 is 2.83 bits per heavy atom. The highest BCUT2D eigenvalue weighted by atomic mass is 79.9. The molecule has 1 rings (SSSR count). The van der Waals surface area contributed by atoms with E-state index >= 15 is 0 Å². The SMILES string of the molecule is BrC1=CN[C]S1. The minimum absolute atomic E-state index is 1.09. The van der Waals surface area contributed by atoms with Crippen LogP contribution >= 0.6 is 27.7 Å². The highest BCUT2D eigenvalue weighted by molar-refractivity contribution is 9.14. The molecule has 0 aromatic carbocycles. The highest BCUT2D eigenvalue weighted by Gasteiger charge is 1.98. The van der Waals surface area contributed by atoms with Crippen molar-refractivity contribution in [2.24, 2.45) is 0 Å². The van der Waals surface area contributed by atoms with Gasteiger partial charge in [0, 0.05) is 6.20 Å². The quantitative estimate of drug-likeness (QED) is 0.582. The standard InChI is InChI=1S/C3H2BrNS/c4-3-1-5-2-6-3/h1,5H. The molecule has 0 unspecified atom stereocenters. The molecule has 0 spiro atoms. The molecule has 2 radical (unpaired) electrons. The summed E-state index contributed by atoms with van der Waals surface area (Å²) in [5, 5.41) is 2.78. The summed E-state index contributed by atoms with van der Waals surface area (Å²) >= 11 is 4.75. The first-order valence-electron chi connectivity index (χ1n) is 1.42. The van der Waals surface area contributed by atoms with Crippen LogP contribution in [0.1, 0.15) is 0 Å². The second-order valence-electron chi connectivity index (χ2n) is 0.797. The topological polar surface area (TPSA) is 12.0 Å². The maximum atomic E-state index is 3.24. The van der Waals surface area contributed by atoms with Crippen molar-refractivity contribution in [2.45, 2.75) is 0 Å². The van der Waals surface area contributed by atoms with Gasteiger partial charge in [0.25, 0.3) is 0 Å². The third-order valence-corrected chi connectivity index (χ3v) is 1.64. The molecule has 0 saturated carbocycles. The van der Waals surface area contributed by atoms with Crippen molar-refractivity contribution in [1.82, 2.24) is 5.32 Å². The average molecular weight is 164 g/mol. The molecular formula is C3H2BrNS. The zero-order chi connectivity index (χ0) is 4.41. The van der Waals surface area contributed by atoms with Crippen LogP contribution in [-0.2, 0) is 0 Å². The average Bonchev–Trinajstić information content (AvgIpc) is 1.86. The van der Waals surface area contributed by atoms with Crippen LogP contribution in [0.25, 0.3) is 0 Å². The lowest BCUT2D eigenvalue weighted by atomic mass is 11.0. The van der Waals surface area contributed by atoms with Gasteiger partial charge in [0.2, 0.25) is 0 Å². The van der Waals surface area contributed by atoms with Crippen LogP contribution in [0.2, 0.25) is 0 Å². The molecule has 0 aliphatic carbocycles. The van der Waals surface area contributed by atoms with Crippen molar-refractivity contribution in [3.63, 3.8) is 0 Å². The maximum Gasteiger partial charge on any atom is 0.161 e. The van der Waals surface area contributed by atoms with Crippen LogP contribution in [0.5, 0.6) is 0 Å². The Morgan fingerprint density at radius 1 is 2.00 bits per heavy atom. The monoisotopic (exact) mass is 163 g/mol. The van der Waals surface area contributed by atoms with Gasteiger partial charge in [0.05, 0.1) is 3.81 Å². The maximum absolute atomic E-state index is 3.24. The van der Waals surface area contributed by atoms with Crippen LogP contribution in [0.3, 0.4) is 0 Å². The zero-order valence-corrected chi connectivity index (χ0v) is 5.27. The van der Waals surface area contributed by atoms with E-state index in [4.69, 9.17) is 0 Å². The second-order valence-corrected chi connectivity index (χ2v) is 3.02. The Hall–Kier alpha value is 0.370. The summed E-state index contributed by atoms with van der Waals surface area (Å²) in [7, 11) is 0. The van der Waals surface area contributed by atoms with Gasteiger partial charge in [-0.2, -0.15) is 0 Å². The smallest absolute Gasteiger partial charge is 0.161 e. The summed E-state index contributed by atoms with van der Waals surface area (Å²) in [4.78, 5) is 0. The van der Waals surface area contributed by atoms with Crippen LogP contribution < -0.4 is 5.32 Å². The van der Waals surface area contributed by atoms with E-state index in [1.165, 1.54) is 11.8 Å². The molecule has 1 heterocycles. The first-order chi connectivity index (χ1) is 2.89. The van der Waals surface area contributed by atoms with E-state index in [1.807, 2.05) is 6.20 Å². The summed E-state index contributed by atoms with van der Waals surface area (Å²) in [5.74, 6) is 2.80. The second kappa shape index (κ2) is 1.89. The molecule has 0 aromatic rings. The molecule has 1 N–H and O–H groups in total. The molecule has 3 heteroatoms. The Labute approximate surface area is 49.3 Å². The van der Waals surface area contributed by atoms with Gasteiger partial charge < -0.3 is 5.32 Å². The Morgan fingerprint density at radius 3 is 3.00 bits per heavy atom. The number of hydrogen-bond acceptors (Lipinski definition) is 2. The molecule has 0 fully saturated rings. The Balaban J connectivity index is 2.45. The van der Waals surface area contributed by atoms with Crippen LogP contribution in [0, 0.1) is 5.88 Å². The van der Waals surface area contributed by atoms with E-state index in [2.05, 4.69) is 27.1 Å². The Bertz CT molecular complexity index is 80.9. The van der Waals surface area contributed by atoms with Crippen molar-refractivity contribution in [1.29, 1.82) is 0 Å². The molecule has 0 saturated heterocycles. The first-order valence-corrected chi connectivity index (χ1v) is 3.03. The number of thioether (sulfide) groups is 1. The van der Waals surface area contributed by atoms with Crippen molar-refractivity contribution >= 4 is 27.7 Å². The van der Waals surface area contributed by atoms with Gasteiger partial charge in [-0.3, -0.25) is 0 Å². The lowest BCUT2D eigenvalue weighted by Gasteiger charge is -1.75. The van der Waals surface area contributed by atoms with E-state index in [1.54, 1.807) is 0 Å². The fourth-order valence-corrected chi connectivity index (χ4v) is 0.884. The lowest BCUT2D eigenvalue weighted by Crippen LogP contribution is -1.86. The van der Waals surface area contributed by atoms with Gasteiger partial charge in [-0.25, -0.2) is 0 Å². The van der Waals surface area contributed by atoms with Crippen molar-refractivity contribution in [2.75, 3.05) is 0 Å². The van der Waals surface area contributed by atoms with Crippen LogP contribution in [-0.4, -0.2) is 0 Å². The van der Waals surface area contributed by atoms with Gasteiger partial charge in [-0.15, -0.1) is 0 Å². The summed E-state index contributed by atoms with van der Waals surface area (Å²) in [5.41, 5.74) is 0. The van der Waals surface area contributed by atoms with Gasteiger partial charge in [0.1, 0.15) is 0 Å². The summed E-state index contributed by atoms with van der Waals surface area (Å²) in [6.45, 7) is 0. The zero-order valence-electron chi connectivity index (χ0n) is 2.86. The largest absolute Gasteiger partial charge is 0.370 e. The van der Waals surface area contributed by atoms with E-state index in [0.29, 0.717) is 0 Å². The number of hydrogen-bond donors (Lipinski definition) is 1. The normalized spacial score (nSPS) is 19.8. The van der Waals surface area contributed by atoms with E-state index in [-0.39, 0.29) is 0 Å². The molecule has 1 aliphatic heterocycles. The lowest BCUT2D eigenvalue weighted by molar-refractivity contribution is 1.19. The number of rotatable bonds is 0. The number of halogens is 1. The Kier molecular flexibility index (Phi) is 1.42. The summed E-state index contributed by atoms with van der Waals surface area (Å²) < 4.78 is 1.09. The molecule has 0 atom stereocenters. The highest BCUT2D eigenvalue weighted by Crippen LogP contribution is 2.26. The third kappa shape index (κ3) is 0.914. The predicted molar refractivity (Wildman–Crippen MR) is 31.0 cm³/mol. The van der Waals surface area contributed by atoms with Gasteiger partial charge in [-0.05, 0) is 15.9 Å². The summed E-state index contributed by atoms with van der Waals surface area (Å²) in [6, 6.07) is 0. The number of nitrogens with one attached hydrogen (secondary N) is 1. The first kappa shape index (κ1) is 4.53. The molecule has 0 bridgehead atoms. The van der Waals surface area contributed by atoms with E-state index in [9.17, 15) is 0 Å². The van der Waals surface area contributed by atoms with Gasteiger partial charge >= 0.3 is 0 Å². The fourth-order valence-electron chi connectivity index (χ4n) is 0.194. The molecule has 32 valence electrons. The minimum atomic E-state index is 1.09. The fraction of sp³-hybridized carbons (Fsp3) is 0. The van der Waals surface area contributed by atoms with Gasteiger partial charge in [0.15, 0.2) is 5.88 Å². The van der Waals surface area contributed by atoms with Crippen molar-refractivity contribution in [3.8, 4) is 0 Å². The predicted octanol–water partition coefficient (Wildman–Crippen LogP) is 1.51. The van der Waals surface area contributed by atoms with Crippen LogP contribution in [0.15, 0.2) is 10.0 Å². The summed E-state index contributed by atoms with van der Waals surface area (Å²) in [6.07, 6.45) is 1.84. The third-order valence-electron chi connectivity index (χ3n) is 0.393. The van der Waals surface area contributed by atoms with Crippen molar-refractivity contribution < 1.29 is 0 Å².